The highest BCUT2D eigenvalue weighted by Gasteiger charge is 2.22. The fraction of sp³-hybridized carbons (Fsp3) is 0.417. The van der Waals surface area contributed by atoms with E-state index in [1.54, 1.807) is 13.8 Å². The minimum atomic E-state index is -0.595. The fourth-order valence-electron chi connectivity index (χ4n) is 1.39. The molecule has 1 aromatic heterocycles. The van der Waals surface area contributed by atoms with Gasteiger partial charge in [0.15, 0.2) is 0 Å². The molecule has 0 spiro atoms. The third kappa shape index (κ3) is 3.51. The van der Waals surface area contributed by atoms with Crippen LogP contribution in [0.4, 0.5) is 4.39 Å². The van der Waals surface area contributed by atoms with E-state index in [0.29, 0.717) is 0 Å². The van der Waals surface area contributed by atoms with Gasteiger partial charge in [-0.15, -0.1) is 0 Å². The van der Waals surface area contributed by atoms with Crippen molar-refractivity contribution in [2.75, 3.05) is 13.7 Å². The monoisotopic (exact) mass is 254 g/mol. The van der Waals surface area contributed by atoms with Crippen LogP contribution >= 0.6 is 0 Å². The van der Waals surface area contributed by atoms with Crippen LogP contribution in [0.2, 0.25) is 0 Å². The number of carbonyl (C=O) groups is 2. The lowest BCUT2D eigenvalue weighted by Gasteiger charge is -2.25. The van der Waals surface area contributed by atoms with Gasteiger partial charge < -0.3 is 9.64 Å². The minimum absolute atomic E-state index is 0.104. The van der Waals surface area contributed by atoms with Crippen molar-refractivity contribution in [1.29, 1.82) is 0 Å². The lowest BCUT2D eigenvalue weighted by atomic mass is 10.2. The molecular formula is C12H15FN2O3. The summed E-state index contributed by atoms with van der Waals surface area (Å²) < 4.78 is 17.5. The number of pyridine rings is 1. The molecule has 0 fully saturated rings. The van der Waals surface area contributed by atoms with E-state index in [2.05, 4.69) is 9.72 Å². The van der Waals surface area contributed by atoms with Gasteiger partial charge in [-0.25, -0.2) is 4.39 Å². The van der Waals surface area contributed by atoms with E-state index in [9.17, 15) is 14.0 Å². The molecule has 1 amide bonds. The van der Waals surface area contributed by atoms with Crippen LogP contribution in [0.1, 0.15) is 24.2 Å². The number of nitrogens with zero attached hydrogens (tertiary/aromatic N) is 2. The number of aromatic nitrogens is 1. The molecule has 18 heavy (non-hydrogen) atoms. The molecule has 0 aromatic carbocycles. The van der Waals surface area contributed by atoms with Gasteiger partial charge in [-0.05, 0) is 19.9 Å². The molecule has 0 radical (unpaired) electrons. The quantitative estimate of drug-likeness (QED) is 0.759. The number of hydrogen-bond donors (Lipinski definition) is 0. The molecule has 0 saturated heterocycles. The zero-order valence-corrected chi connectivity index (χ0v) is 10.5. The Kier molecular flexibility index (Phi) is 4.76. The Bertz CT molecular complexity index is 449. The summed E-state index contributed by atoms with van der Waals surface area (Å²) in [6, 6.07) is 0.877. The number of ether oxygens (including phenoxy) is 1. The number of carbonyl (C=O) groups excluding carboxylic acids is 2. The van der Waals surface area contributed by atoms with Crippen molar-refractivity contribution in [2.45, 2.75) is 19.9 Å². The van der Waals surface area contributed by atoms with Gasteiger partial charge in [-0.3, -0.25) is 14.6 Å². The summed E-state index contributed by atoms with van der Waals surface area (Å²) in [5, 5.41) is 0. The summed E-state index contributed by atoms with van der Waals surface area (Å²) in [5.41, 5.74) is 0.104. The van der Waals surface area contributed by atoms with Crippen molar-refractivity contribution in [3.05, 3.63) is 29.8 Å². The molecule has 0 atom stereocenters. The molecule has 0 aliphatic heterocycles. The van der Waals surface area contributed by atoms with Crippen molar-refractivity contribution >= 4 is 11.9 Å². The summed E-state index contributed by atoms with van der Waals surface area (Å²) >= 11 is 0. The first-order valence-corrected chi connectivity index (χ1v) is 5.44. The molecule has 1 heterocycles. The number of rotatable bonds is 4. The van der Waals surface area contributed by atoms with Crippen LogP contribution in [0.15, 0.2) is 18.5 Å². The van der Waals surface area contributed by atoms with Crippen LogP contribution in [0.5, 0.6) is 0 Å². The highest BCUT2D eigenvalue weighted by atomic mass is 19.1. The average Bonchev–Trinajstić information content (AvgIpc) is 2.34. The Balaban J connectivity index is 2.93. The van der Waals surface area contributed by atoms with Gasteiger partial charge in [-0.2, -0.15) is 0 Å². The van der Waals surface area contributed by atoms with E-state index in [-0.39, 0.29) is 18.2 Å². The molecule has 5 nitrogen and oxygen atoms in total. The number of methoxy groups -OCH3 is 1. The molecule has 0 saturated carbocycles. The third-order valence-corrected chi connectivity index (χ3v) is 2.36. The first-order chi connectivity index (χ1) is 8.45. The van der Waals surface area contributed by atoms with Gasteiger partial charge in [0.25, 0.3) is 5.91 Å². The lowest BCUT2D eigenvalue weighted by Crippen LogP contribution is -2.41. The van der Waals surface area contributed by atoms with Gasteiger partial charge in [0.2, 0.25) is 0 Å². The average molecular weight is 254 g/mol. The van der Waals surface area contributed by atoms with Gasteiger partial charge in [0, 0.05) is 12.2 Å². The number of hydrogen-bond acceptors (Lipinski definition) is 4. The predicted molar refractivity (Wildman–Crippen MR) is 62.4 cm³/mol. The number of amides is 1. The van der Waals surface area contributed by atoms with Crippen molar-refractivity contribution < 1.29 is 18.7 Å². The minimum Gasteiger partial charge on any atom is -0.468 e. The normalized spacial score (nSPS) is 10.3. The molecule has 1 rings (SSSR count). The Morgan fingerprint density at radius 3 is 2.61 bits per heavy atom. The van der Waals surface area contributed by atoms with E-state index in [1.807, 2.05) is 0 Å². The highest BCUT2D eigenvalue weighted by molar-refractivity contribution is 5.95. The molecule has 0 aliphatic carbocycles. The van der Waals surface area contributed by atoms with Crippen LogP contribution in [-0.2, 0) is 9.53 Å². The first kappa shape index (κ1) is 14.1. The Labute approximate surface area is 105 Å². The van der Waals surface area contributed by atoms with Crippen LogP contribution in [0.3, 0.4) is 0 Å². The maximum atomic E-state index is 13.0. The zero-order valence-electron chi connectivity index (χ0n) is 10.5. The molecule has 0 aliphatic rings. The first-order valence-electron chi connectivity index (χ1n) is 5.44. The third-order valence-electron chi connectivity index (χ3n) is 2.36. The van der Waals surface area contributed by atoms with Crippen molar-refractivity contribution in [3.8, 4) is 0 Å². The summed E-state index contributed by atoms with van der Waals surface area (Å²) in [6.07, 6.45) is 2.27. The smallest absolute Gasteiger partial charge is 0.325 e. The standard InChI is InChI=1S/C12H15FN2O3/c1-8(2)15(7-11(16)18-3)12(17)9-4-10(13)6-14-5-9/h4-6,8H,7H2,1-3H3. The van der Waals surface area contributed by atoms with Gasteiger partial charge in [0.05, 0.1) is 18.9 Å². The molecule has 0 bridgehead atoms. The van der Waals surface area contributed by atoms with Crippen LogP contribution in [-0.4, -0.2) is 41.5 Å². The van der Waals surface area contributed by atoms with Crippen LogP contribution in [0, 0.1) is 5.82 Å². The van der Waals surface area contributed by atoms with E-state index in [0.717, 1.165) is 12.3 Å². The summed E-state index contributed by atoms with van der Waals surface area (Å²) in [7, 11) is 1.25. The molecule has 0 N–H and O–H groups in total. The van der Waals surface area contributed by atoms with E-state index in [1.165, 1.54) is 18.2 Å². The predicted octanol–water partition coefficient (Wildman–Crippen LogP) is 1.24. The van der Waals surface area contributed by atoms with E-state index in [4.69, 9.17) is 0 Å². The second kappa shape index (κ2) is 6.09. The summed E-state index contributed by atoms with van der Waals surface area (Å²) in [4.78, 5) is 28.2. The number of halogens is 1. The SMILES string of the molecule is COC(=O)CN(C(=O)c1cncc(F)c1)C(C)C. The van der Waals surface area contributed by atoms with Crippen LogP contribution < -0.4 is 0 Å². The molecule has 6 heteroatoms. The van der Waals surface area contributed by atoms with Crippen molar-refractivity contribution in [2.24, 2.45) is 0 Å². The van der Waals surface area contributed by atoms with Gasteiger partial charge in [-0.1, -0.05) is 0 Å². The maximum Gasteiger partial charge on any atom is 0.325 e. The van der Waals surface area contributed by atoms with Gasteiger partial charge in [0.1, 0.15) is 12.4 Å². The summed E-state index contributed by atoms with van der Waals surface area (Å²) in [6.45, 7) is 3.34. The topological polar surface area (TPSA) is 59.5 Å². The maximum absolute atomic E-state index is 13.0. The van der Waals surface area contributed by atoms with Crippen molar-refractivity contribution in [1.82, 2.24) is 9.88 Å². The van der Waals surface area contributed by atoms with E-state index < -0.39 is 17.7 Å². The summed E-state index contributed by atoms with van der Waals surface area (Å²) in [5.74, 6) is -1.58. The Hall–Kier alpha value is -1.98. The second-order valence-corrected chi connectivity index (χ2v) is 3.99. The van der Waals surface area contributed by atoms with E-state index >= 15 is 0 Å². The lowest BCUT2D eigenvalue weighted by molar-refractivity contribution is -0.141. The molecule has 98 valence electrons. The number of esters is 1. The van der Waals surface area contributed by atoms with Crippen LogP contribution in [0.25, 0.3) is 0 Å². The highest BCUT2D eigenvalue weighted by Crippen LogP contribution is 2.09. The Morgan fingerprint density at radius 2 is 2.11 bits per heavy atom. The molecular weight excluding hydrogens is 239 g/mol. The molecule has 1 aromatic rings. The second-order valence-electron chi connectivity index (χ2n) is 3.99. The Morgan fingerprint density at radius 1 is 1.44 bits per heavy atom. The van der Waals surface area contributed by atoms with Gasteiger partial charge >= 0.3 is 5.97 Å². The van der Waals surface area contributed by atoms with Crippen molar-refractivity contribution in [3.63, 3.8) is 0 Å². The molecule has 0 unspecified atom stereocenters. The fourth-order valence-corrected chi connectivity index (χ4v) is 1.39. The largest absolute Gasteiger partial charge is 0.468 e. The zero-order chi connectivity index (χ0) is 13.7.